The Labute approximate surface area is 115 Å². The number of aliphatic hydroxyl groups excluding tert-OH is 2. The van der Waals surface area contributed by atoms with Crippen LogP contribution in [0.4, 0.5) is 0 Å². The molecule has 1 aromatic rings. The van der Waals surface area contributed by atoms with Crippen molar-refractivity contribution < 1.29 is 29.6 Å². The van der Waals surface area contributed by atoms with E-state index in [0.29, 0.717) is 17.7 Å². The number of methoxy groups -OCH3 is 1. The van der Waals surface area contributed by atoms with Gasteiger partial charge >= 0.3 is 5.97 Å². The number of carbonyl (C=O) groups is 1. The molecule has 4 unspecified atom stereocenters. The van der Waals surface area contributed by atoms with E-state index in [1.54, 1.807) is 13.0 Å². The van der Waals surface area contributed by atoms with Crippen LogP contribution in [0.1, 0.15) is 29.3 Å². The molecule has 1 aromatic carbocycles. The quantitative estimate of drug-likeness (QED) is 0.649. The van der Waals surface area contributed by atoms with Crippen LogP contribution in [0.3, 0.4) is 0 Å². The molecule has 0 bridgehead atoms. The Hall–Kier alpha value is -1.79. The summed E-state index contributed by atoms with van der Waals surface area (Å²) < 4.78 is 10.5. The van der Waals surface area contributed by atoms with Gasteiger partial charge in [-0.3, -0.25) is 0 Å². The molecule has 0 radical (unpaired) electrons. The van der Waals surface area contributed by atoms with Crippen LogP contribution in [0.25, 0.3) is 0 Å². The van der Waals surface area contributed by atoms with Gasteiger partial charge in [-0.15, -0.1) is 0 Å². The Bertz CT molecular complexity index is 583. The minimum Gasteiger partial charge on any atom is -0.507 e. The number of rotatable bonds is 1. The molecule has 0 aromatic heterocycles. The highest BCUT2D eigenvalue weighted by atomic mass is 16.6. The van der Waals surface area contributed by atoms with Crippen molar-refractivity contribution in [3.63, 3.8) is 0 Å². The molecule has 1 spiro atoms. The van der Waals surface area contributed by atoms with Crippen molar-refractivity contribution in [2.75, 3.05) is 7.11 Å². The fraction of sp³-hybridized carbons (Fsp3) is 0.500. The summed E-state index contributed by atoms with van der Waals surface area (Å²) in [6.07, 6.45) is -1.89. The molecule has 1 heterocycles. The highest BCUT2D eigenvalue weighted by Gasteiger charge is 2.61. The standard InChI is InChI=1S/C14H16O6/c1-6-3-10(16)12(17)14(6)8-4-7(19-2)5-9(15)11(8)13(18)20-14/h4-6,10,12,15-17H,3H2,1-2H3. The van der Waals surface area contributed by atoms with Crippen molar-refractivity contribution in [2.45, 2.75) is 31.2 Å². The van der Waals surface area contributed by atoms with E-state index < -0.39 is 23.8 Å². The van der Waals surface area contributed by atoms with Gasteiger partial charge in [-0.2, -0.15) is 0 Å². The number of phenols is 1. The predicted octanol–water partition coefficient (Wildman–Crippen LogP) is 0.528. The van der Waals surface area contributed by atoms with Crippen LogP contribution in [0, 0.1) is 5.92 Å². The topological polar surface area (TPSA) is 96.2 Å². The van der Waals surface area contributed by atoms with Crippen molar-refractivity contribution >= 4 is 5.97 Å². The van der Waals surface area contributed by atoms with Gasteiger partial charge in [0.15, 0.2) is 5.60 Å². The number of aromatic hydroxyl groups is 1. The van der Waals surface area contributed by atoms with Gasteiger partial charge in [0.25, 0.3) is 0 Å². The lowest BCUT2D eigenvalue weighted by molar-refractivity contribution is -0.107. The average Bonchev–Trinajstić information content (AvgIpc) is 2.81. The summed E-state index contributed by atoms with van der Waals surface area (Å²) in [5, 5.41) is 30.1. The number of ether oxygens (including phenoxy) is 2. The van der Waals surface area contributed by atoms with E-state index in [-0.39, 0.29) is 17.2 Å². The normalized spacial score (nSPS) is 35.2. The van der Waals surface area contributed by atoms with E-state index in [0.717, 1.165) is 0 Å². The third-order valence-corrected chi connectivity index (χ3v) is 4.34. The van der Waals surface area contributed by atoms with Crippen LogP contribution in [-0.2, 0) is 10.3 Å². The van der Waals surface area contributed by atoms with E-state index in [1.807, 2.05) is 0 Å². The first-order valence-corrected chi connectivity index (χ1v) is 6.42. The largest absolute Gasteiger partial charge is 0.507 e. The van der Waals surface area contributed by atoms with E-state index in [1.165, 1.54) is 13.2 Å². The van der Waals surface area contributed by atoms with Crippen LogP contribution < -0.4 is 4.74 Å². The highest BCUT2D eigenvalue weighted by Crippen LogP contribution is 2.54. The van der Waals surface area contributed by atoms with Crippen LogP contribution in [-0.4, -0.2) is 40.6 Å². The van der Waals surface area contributed by atoms with Crippen molar-refractivity contribution in [1.82, 2.24) is 0 Å². The van der Waals surface area contributed by atoms with Gasteiger partial charge in [-0.25, -0.2) is 4.79 Å². The number of aliphatic hydroxyl groups is 2. The molecule has 6 nitrogen and oxygen atoms in total. The maximum Gasteiger partial charge on any atom is 0.343 e. The second-order valence-electron chi connectivity index (χ2n) is 5.40. The van der Waals surface area contributed by atoms with Gasteiger partial charge in [0, 0.05) is 17.5 Å². The highest BCUT2D eigenvalue weighted by molar-refractivity contribution is 5.98. The average molecular weight is 280 g/mol. The number of fused-ring (bicyclic) bond motifs is 2. The van der Waals surface area contributed by atoms with E-state index >= 15 is 0 Å². The molecule has 2 aliphatic rings. The van der Waals surface area contributed by atoms with Crippen molar-refractivity contribution in [3.05, 3.63) is 23.3 Å². The number of hydrogen-bond donors (Lipinski definition) is 3. The van der Waals surface area contributed by atoms with Gasteiger partial charge in [0.2, 0.25) is 0 Å². The maximum atomic E-state index is 12.0. The monoisotopic (exact) mass is 280 g/mol. The lowest BCUT2D eigenvalue weighted by Gasteiger charge is -2.32. The summed E-state index contributed by atoms with van der Waals surface area (Å²) in [7, 11) is 1.44. The number of benzene rings is 1. The first-order valence-electron chi connectivity index (χ1n) is 6.42. The molecule has 20 heavy (non-hydrogen) atoms. The minimum absolute atomic E-state index is 0.0331. The SMILES string of the molecule is COc1cc(O)c2c(c1)C1(OC2=O)C(C)CC(O)C1O. The van der Waals surface area contributed by atoms with E-state index in [2.05, 4.69) is 0 Å². The molecule has 1 aliphatic carbocycles. The van der Waals surface area contributed by atoms with E-state index in [4.69, 9.17) is 9.47 Å². The van der Waals surface area contributed by atoms with Gasteiger partial charge in [0.1, 0.15) is 23.2 Å². The van der Waals surface area contributed by atoms with Gasteiger partial charge < -0.3 is 24.8 Å². The minimum atomic E-state index is -1.32. The van der Waals surface area contributed by atoms with Gasteiger partial charge in [-0.1, -0.05) is 6.92 Å². The summed E-state index contributed by atoms with van der Waals surface area (Å²) in [6, 6.07) is 2.89. The Morgan fingerprint density at radius 2 is 2.10 bits per heavy atom. The Morgan fingerprint density at radius 3 is 2.65 bits per heavy atom. The van der Waals surface area contributed by atoms with Crippen LogP contribution in [0.15, 0.2) is 12.1 Å². The molecule has 1 saturated carbocycles. The number of hydrogen-bond acceptors (Lipinski definition) is 6. The first kappa shape index (κ1) is 13.2. The molecule has 108 valence electrons. The van der Waals surface area contributed by atoms with Crippen molar-refractivity contribution in [3.8, 4) is 11.5 Å². The molecule has 3 N–H and O–H groups in total. The smallest absolute Gasteiger partial charge is 0.343 e. The number of carbonyl (C=O) groups excluding carboxylic acids is 1. The summed E-state index contributed by atoms with van der Waals surface area (Å²) in [5.41, 5.74) is -0.917. The van der Waals surface area contributed by atoms with Crippen molar-refractivity contribution in [1.29, 1.82) is 0 Å². The zero-order valence-corrected chi connectivity index (χ0v) is 11.2. The number of esters is 1. The van der Waals surface area contributed by atoms with Crippen LogP contribution in [0.2, 0.25) is 0 Å². The predicted molar refractivity (Wildman–Crippen MR) is 67.5 cm³/mol. The summed E-state index contributed by atoms with van der Waals surface area (Å²) in [5.74, 6) is -0.855. The molecule has 1 fully saturated rings. The lowest BCUT2D eigenvalue weighted by Crippen LogP contribution is -2.42. The third kappa shape index (κ3) is 1.43. The Morgan fingerprint density at radius 1 is 1.40 bits per heavy atom. The first-order chi connectivity index (χ1) is 9.41. The van der Waals surface area contributed by atoms with Gasteiger partial charge in [0.05, 0.1) is 13.2 Å². The van der Waals surface area contributed by atoms with Gasteiger partial charge in [-0.05, 0) is 12.5 Å². The molecule has 3 rings (SSSR count). The number of phenolic OH excluding ortho intramolecular Hbond substituents is 1. The fourth-order valence-corrected chi connectivity index (χ4v) is 3.33. The molecule has 0 amide bonds. The summed E-state index contributed by atoms with van der Waals surface area (Å²) in [4.78, 5) is 12.0. The second-order valence-corrected chi connectivity index (χ2v) is 5.40. The molecule has 1 aliphatic heterocycles. The molecule has 0 saturated heterocycles. The molecular weight excluding hydrogens is 264 g/mol. The molecule has 4 atom stereocenters. The zero-order chi connectivity index (χ0) is 14.7. The fourth-order valence-electron chi connectivity index (χ4n) is 3.33. The zero-order valence-electron chi connectivity index (χ0n) is 11.2. The third-order valence-electron chi connectivity index (χ3n) is 4.34. The maximum absolute atomic E-state index is 12.0. The second kappa shape index (κ2) is 4.10. The Kier molecular flexibility index (Phi) is 2.71. The summed E-state index contributed by atoms with van der Waals surface area (Å²) >= 11 is 0. The van der Waals surface area contributed by atoms with Crippen molar-refractivity contribution in [2.24, 2.45) is 5.92 Å². The lowest BCUT2D eigenvalue weighted by atomic mass is 9.82. The van der Waals surface area contributed by atoms with Crippen LogP contribution >= 0.6 is 0 Å². The summed E-state index contributed by atoms with van der Waals surface area (Å²) in [6.45, 7) is 1.79. The Balaban J connectivity index is 2.25. The molecular formula is C14H16O6. The van der Waals surface area contributed by atoms with Crippen LogP contribution in [0.5, 0.6) is 11.5 Å². The van der Waals surface area contributed by atoms with E-state index in [9.17, 15) is 20.1 Å². The molecule has 6 heteroatoms.